The summed E-state index contributed by atoms with van der Waals surface area (Å²) in [6.45, 7) is 14.7. The van der Waals surface area contributed by atoms with Gasteiger partial charge in [-0.05, 0) is 46.6 Å². The van der Waals surface area contributed by atoms with Gasteiger partial charge in [-0.1, -0.05) is 13.8 Å². The van der Waals surface area contributed by atoms with E-state index in [0.29, 0.717) is 12.1 Å². The first-order valence-electron chi connectivity index (χ1n) is 8.87. The number of fused-ring (bicyclic) bond motifs is 1. The van der Waals surface area contributed by atoms with Gasteiger partial charge in [-0.2, -0.15) is 5.10 Å². The van der Waals surface area contributed by atoms with Crippen molar-refractivity contribution in [3.63, 3.8) is 0 Å². The van der Waals surface area contributed by atoms with Crippen molar-refractivity contribution in [1.82, 2.24) is 19.7 Å². The highest BCUT2D eigenvalue weighted by atomic mass is 35.5. The molecule has 2 N–H and O–H groups in total. The van der Waals surface area contributed by atoms with Crippen LogP contribution in [0.4, 0.5) is 0 Å². The van der Waals surface area contributed by atoms with E-state index in [9.17, 15) is 4.79 Å². The fraction of sp³-hybridized carbons (Fsp3) is 0.632. The molecular weight excluding hydrogens is 385 g/mol. The smallest absolute Gasteiger partial charge is 0.254 e. The Morgan fingerprint density at radius 1 is 1.26 bits per heavy atom. The number of rotatable bonds is 4. The minimum atomic E-state index is -0.216. The summed E-state index contributed by atoms with van der Waals surface area (Å²) in [7, 11) is 1.80. The van der Waals surface area contributed by atoms with Crippen LogP contribution in [0.5, 0.6) is 0 Å². The molecule has 1 atom stereocenters. The molecule has 0 aliphatic heterocycles. The van der Waals surface area contributed by atoms with Crippen molar-refractivity contribution >= 4 is 41.8 Å². The fourth-order valence-electron chi connectivity index (χ4n) is 2.79. The molecule has 2 heterocycles. The van der Waals surface area contributed by atoms with Crippen LogP contribution in [0.25, 0.3) is 11.0 Å². The summed E-state index contributed by atoms with van der Waals surface area (Å²) >= 11 is 0. The Balaban J connectivity index is 0.00000338. The van der Waals surface area contributed by atoms with E-state index in [4.69, 9.17) is 10.7 Å². The van der Waals surface area contributed by atoms with E-state index in [-0.39, 0.29) is 48.2 Å². The van der Waals surface area contributed by atoms with E-state index in [1.807, 2.05) is 24.6 Å². The molecule has 0 spiro atoms. The first-order valence-corrected chi connectivity index (χ1v) is 8.87. The molecule has 0 bridgehead atoms. The van der Waals surface area contributed by atoms with E-state index < -0.39 is 0 Å². The van der Waals surface area contributed by atoms with Crippen LogP contribution in [-0.2, 0) is 5.54 Å². The Kier molecular flexibility index (Phi) is 8.75. The maximum absolute atomic E-state index is 13.2. The van der Waals surface area contributed by atoms with Gasteiger partial charge in [0.1, 0.15) is 0 Å². The number of likely N-dealkylation sites (N-methyl/N-ethyl adjacent to an activating group) is 1. The first kappa shape index (κ1) is 25.6. The van der Waals surface area contributed by atoms with Gasteiger partial charge in [0.05, 0.1) is 22.2 Å². The van der Waals surface area contributed by atoms with Gasteiger partial charge in [0.15, 0.2) is 5.65 Å². The third kappa shape index (κ3) is 4.92. The molecule has 0 aliphatic rings. The van der Waals surface area contributed by atoms with Crippen LogP contribution in [0.1, 0.15) is 69.2 Å². The predicted octanol–water partition coefficient (Wildman–Crippen LogP) is 3.88. The normalized spacial score (nSPS) is 12.5. The minimum Gasteiger partial charge on any atom is -0.338 e. The molecule has 6 nitrogen and oxygen atoms in total. The fourth-order valence-corrected chi connectivity index (χ4v) is 2.79. The number of hydrogen-bond acceptors (Lipinski definition) is 4. The average molecular weight is 418 g/mol. The Morgan fingerprint density at radius 2 is 1.81 bits per heavy atom. The monoisotopic (exact) mass is 417 g/mol. The SMILES string of the molecule is Cc1nn(C(C)(C)C)c2nc(C(C)C)cc(C(=O)N(C)C(C)CN)c12.Cl.Cl. The Labute approximate surface area is 174 Å². The van der Waals surface area contributed by atoms with Crippen LogP contribution >= 0.6 is 24.8 Å². The molecule has 1 amide bonds. The molecule has 2 aromatic rings. The quantitative estimate of drug-likeness (QED) is 0.818. The molecule has 2 rings (SSSR count). The highest BCUT2D eigenvalue weighted by Gasteiger charge is 2.27. The molecule has 0 aromatic carbocycles. The third-order valence-electron chi connectivity index (χ3n) is 4.61. The number of aryl methyl sites for hydroxylation is 1. The van der Waals surface area contributed by atoms with Crippen LogP contribution in [0.2, 0.25) is 0 Å². The highest BCUT2D eigenvalue weighted by Crippen LogP contribution is 2.29. The zero-order chi connectivity index (χ0) is 19.1. The summed E-state index contributed by atoms with van der Waals surface area (Å²) in [5, 5.41) is 5.52. The van der Waals surface area contributed by atoms with E-state index >= 15 is 0 Å². The van der Waals surface area contributed by atoms with Crippen LogP contribution in [0.3, 0.4) is 0 Å². The number of aromatic nitrogens is 3. The number of pyridine rings is 1. The standard InChI is InChI=1S/C19H31N5O.2ClH/c1-11(2)15-9-14(18(25)23(8)12(3)10-20)16-13(4)22-24(17(16)21-15)19(5,6)7;;/h9,11-12H,10,20H2,1-8H3;2*1H. The van der Waals surface area contributed by atoms with Gasteiger partial charge in [-0.15, -0.1) is 24.8 Å². The second-order valence-corrected chi connectivity index (χ2v) is 8.12. The zero-order valence-corrected chi connectivity index (χ0v) is 19.2. The van der Waals surface area contributed by atoms with Crippen LogP contribution < -0.4 is 5.73 Å². The number of carbonyl (C=O) groups is 1. The Morgan fingerprint density at radius 3 is 2.26 bits per heavy atom. The van der Waals surface area contributed by atoms with Crippen molar-refractivity contribution in [2.75, 3.05) is 13.6 Å². The molecule has 0 saturated carbocycles. The zero-order valence-electron chi connectivity index (χ0n) is 17.5. The second-order valence-electron chi connectivity index (χ2n) is 8.12. The van der Waals surface area contributed by atoms with Crippen molar-refractivity contribution < 1.29 is 4.79 Å². The summed E-state index contributed by atoms with van der Waals surface area (Å²) in [5.74, 6) is 0.181. The molecule has 0 fully saturated rings. The Hall–Kier alpha value is -1.37. The molecule has 154 valence electrons. The first-order chi connectivity index (χ1) is 11.5. The van der Waals surface area contributed by atoms with Gasteiger partial charge in [-0.3, -0.25) is 4.79 Å². The second kappa shape index (κ2) is 9.22. The topological polar surface area (TPSA) is 77.0 Å². The number of nitrogens with zero attached hydrogens (tertiary/aromatic N) is 4. The van der Waals surface area contributed by atoms with Gasteiger partial charge in [0, 0.05) is 25.3 Å². The van der Waals surface area contributed by atoms with Gasteiger partial charge < -0.3 is 10.6 Å². The lowest BCUT2D eigenvalue weighted by Gasteiger charge is -2.25. The van der Waals surface area contributed by atoms with Crippen LogP contribution in [-0.4, -0.2) is 45.2 Å². The van der Waals surface area contributed by atoms with Crippen LogP contribution in [0, 0.1) is 6.92 Å². The summed E-state index contributed by atoms with van der Waals surface area (Å²) in [6, 6.07) is 1.88. The van der Waals surface area contributed by atoms with Gasteiger partial charge >= 0.3 is 0 Å². The summed E-state index contributed by atoms with van der Waals surface area (Å²) in [5.41, 5.74) is 8.68. The molecule has 8 heteroatoms. The van der Waals surface area contributed by atoms with Crippen molar-refractivity contribution in [3.8, 4) is 0 Å². The number of nitrogens with two attached hydrogens (primary N) is 1. The lowest BCUT2D eigenvalue weighted by molar-refractivity contribution is 0.0750. The van der Waals surface area contributed by atoms with Gasteiger partial charge in [0.2, 0.25) is 0 Å². The molecule has 0 saturated heterocycles. The molecular formula is C19H33Cl2N5O. The van der Waals surface area contributed by atoms with Gasteiger partial charge in [0.25, 0.3) is 5.91 Å². The summed E-state index contributed by atoms with van der Waals surface area (Å²) in [4.78, 5) is 19.7. The lowest BCUT2D eigenvalue weighted by atomic mass is 10.0. The molecule has 27 heavy (non-hydrogen) atoms. The van der Waals surface area contributed by atoms with E-state index in [1.165, 1.54) is 0 Å². The Bertz CT molecular complexity index is 795. The molecule has 1 unspecified atom stereocenters. The molecule has 0 radical (unpaired) electrons. The van der Waals surface area contributed by atoms with Crippen molar-refractivity contribution in [1.29, 1.82) is 0 Å². The maximum atomic E-state index is 13.2. The average Bonchev–Trinajstić information content (AvgIpc) is 2.89. The largest absolute Gasteiger partial charge is 0.338 e. The van der Waals surface area contributed by atoms with Crippen molar-refractivity contribution in [2.24, 2.45) is 5.73 Å². The summed E-state index contributed by atoms with van der Waals surface area (Å²) < 4.78 is 1.92. The third-order valence-corrected chi connectivity index (χ3v) is 4.61. The van der Waals surface area contributed by atoms with E-state index in [1.54, 1.807) is 11.9 Å². The number of halogens is 2. The summed E-state index contributed by atoms with van der Waals surface area (Å²) in [6.07, 6.45) is 0. The van der Waals surface area contributed by atoms with Crippen molar-refractivity contribution in [2.45, 2.75) is 66.0 Å². The number of hydrogen-bond donors (Lipinski definition) is 1. The van der Waals surface area contributed by atoms with Crippen molar-refractivity contribution in [3.05, 3.63) is 23.0 Å². The van der Waals surface area contributed by atoms with E-state index in [0.717, 1.165) is 22.4 Å². The highest BCUT2D eigenvalue weighted by molar-refractivity contribution is 6.06. The molecule has 2 aromatic heterocycles. The number of amides is 1. The van der Waals surface area contributed by atoms with E-state index in [2.05, 4.69) is 39.7 Å². The molecule has 0 aliphatic carbocycles. The van der Waals surface area contributed by atoms with Crippen LogP contribution in [0.15, 0.2) is 6.07 Å². The number of carbonyl (C=O) groups excluding carboxylic acids is 1. The lowest BCUT2D eigenvalue weighted by Crippen LogP contribution is -2.39. The van der Waals surface area contributed by atoms with Gasteiger partial charge in [-0.25, -0.2) is 9.67 Å². The predicted molar refractivity (Wildman–Crippen MR) is 116 cm³/mol. The maximum Gasteiger partial charge on any atom is 0.254 e. The minimum absolute atomic E-state index is 0.